The number of rotatable bonds is 11. The van der Waals surface area contributed by atoms with Gasteiger partial charge in [-0.1, -0.05) is 30.3 Å². The number of imidazole rings is 1. The van der Waals surface area contributed by atoms with Crippen LogP contribution in [0.25, 0.3) is 22.6 Å². The molecule has 4 N–H and O–H groups in total. The fourth-order valence-corrected chi connectivity index (χ4v) is 3.64. The largest absolute Gasteiger partial charge is 0.493 e. The van der Waals surface area contributed by atoms with Gasteiger partial charge in [0.2, 0.25) is 0 Å². The van der Waals surface area contributed by atoms with Crippen molar-refractivity contribution in [1.82, 2.24) is 9.97 Å². The number of aromatic nitrogens is 2. The molecule has 1 atom stereocenters. The van der Waals surface area contributed by atoms with Crippen LogP contribution >= 0.6 is 0 Å². The van der Waals surface area contributed by atoms with Gasteiger partial charge in [-0.25, -0.2) is 4.98 Å². The summed E-state index contributed by atoms with van der Waals surface area (Å²) >= 11 is 0. The second-order valence-electron chi connectivity index (χ2n) is 7.79. The first-order valence-electron chi connectivity index (χ1n) is 11.0. The normalized spacial score (nSPS) is 12.1. The molecule has 166 valence electrons. The summed E-state index contributed by atoms with van der Waals surface area (Å²) in [5, 5.41) is 9.25. The minimum Gasteiger partial charge on any atom is -0.493 e. The van der Waals surface area contributed by atoms with Gasteiger partial charge in [0, 0.05) is 11.8 Å². The standard InChI is InChI=1S/C26H29N3O3/c27-22(18-30)26-28-17-23(29-26)20-12-13-25(21(16-20)24-11-7-15-32-24)31-14-6-2-5-10-19-8-3-1-4-9-19/h1,3-4,7-9,11-13,15-17,22,30H,2,5-6,10,14,18,27H2,(H,28,29). The Morgan fingerprint density at radius 3 is 2.69 bits per heavy atom. The second kappa shape index (κ2) is 10.8. The zero-order valence-corrected chi connectivity index (χ0v) is 18.0. The lowest BCUT2D eigenvalue weighted by Gasteiger charge is -2.12. The van der Waals surface area contributed by atoms with Crippen LogP contribution < -0.4 is 10.5 Å². The van der Waals surface area contributed by atoms with Crippen LogP contribution in [-0.4, -0.2) is 28.3 Å². The Morgan fingerprint density at radius 1 is 1.03 bits per heavy atom. The number of aromatic amines is 1. The Hall–Kier alpha value is -3.35. The summed E-state index contributed by atoms with van der Waals surface area (Å²) in [6.45, 7) is 0.489. The molecule has 0 saturated carbocycles. The fraction of sp³-hybridized carbons (Fsp3) is 0.269. The molecule has 0 fully saturated rings. The number of furan rings is 1. The molecule has 4 rings (SSSR count). The lowest BCUT2D eigenvalue weighted by molar-refractivity contribution is 0.264. The maximum absolute atomic E-state index is 9.25. The summed E-state index contributed by atoms with van der Waals surface area (Å²) in [6, 6.07) is 19.8. The highest BCUT2D eigenvalue weighted by Crippen LogP contribution is 2.34. The van der Waals surface area contributed by atoms with Crippen molar-refractivity contribution in [2.45, 2.75) is 31.7 Å². The molecule has 6 heteroatoms. The zero-order chi connectivity index (χ0) is 22.2. The smallest absolute Gasteiger partial charge is 0.137 e. The lowest BCUT2D eigenvalue weighted by atomic mass is 10.1. The average molecular weight is 432 g/mol. The minimum absolute atomic E-state index is 0.164. The number of ether oxygens (including phenoxy) is 1. The number of benzene rings is 2. The number of aliphatic hydroxyl groups is 1. The van der Waals surface area contributed by atoms with Crippen molar-refractivity contribution in [1.29, 1.82) is 0 Å². The molecule has 0 radical (unpaired) electrons. The Bertz CT molecular complexity index is 1090. The number of H-pyrrole nitrogens is 1. The molecule has 2 aromatic heterocycles. The predicted octanol–water partition coefficient (Wildman–Crippen LogP) is 5.12. The van der Waals surface area contributed by atoms with Crippen LogP contribution in [0.4, 0.5) is 0 Å². The Kier molecular flexibility index (Phi) is 7.38. The van der Waals surface area contributed by atoms with Gasteiger partial charge < -0.3 is 25.0 Å². The van der Waals surface area contributed by atoms with Crippen LogP contribution in [0.3, 0.4) is 0 Å². The number of aryl methyl sites for hydroxylation is 1. The molecular formula is C26H29N3O3. The van der Waals surface area contributed by atoms with E-state index >= 15 is 0 Å². The third-order valence-corrected chi connectivity index (χ3v) is 5.42. The molecule has 0 amide bonds. The van der Waals surface area contributed by atoms with Gasteiger partial charge in [-0.2, -0.15) is 0 Å². The quantitative estimate of drug-likeness (QED) is 0.286. The van der Waals surface area contributed by atoms with E-state index < -0.39 is 6.04 Å². The van der Waals surface area contributed by atoms with Gasteiger partial charge in [-0.15, -0.1) is 0 Å². The van der Waals surface area contributed by atoms with Gasteiger partial charge in [0.1, 0.15) is 17.3 Å². The van der Waals surface area contributed by atoms with E-state index in [0.29, 0.717) is 12.4 Å². The molecule has 0 aliphatic carbocycles. The minimum atomic E-state index is -0.530. The van der Waals surface area contributed by atoms with Crippen LogP contribution in [0.5, 0.6) is 5.75 Å². The predicted molar refractivity (Wildman–Crippen MR) is 125 cm³/mol. The first kappa shape index (κ1) is 21.9. The van der Waals surface area contributed by atoms with Crippen LogP contribution in [0, 0.1) is 0 Å². The molecule has 32 heavy (non-hydrogen) atoms. The van der Waals surface area contributed by atoms with Crippen molar-refractivity contribution in [3.63, 3.8) is 0 Å². The van der Waals surface area contributed by atoms with Crippen molar-refractivity contribution in [3.8, 4) is 28.3 Å². The maximum atomic E-state index is 9.25. The van der Waals surface area contributed by atoms with Crippen molar-refractivity contribution >= 4 is 0 Å². The van der Waals surface area contributed by atoms with Crippen LogP contribution in [0.1, 0.15) is 36.7 Å². The van der Waals surface area contributed by atoms with Crippen molar-refractivity contribution in [2.24, 2.45) is 5.73 Å². The molecule has 0 aliphatic heterocycles. The van der Waals surface area contributed by atoms with E-state index in [9.17, 15) is 5.11 Å². The van der Waals surface area contributed by atoms with Crippen molar-refractivity contribution < 1.29 is 14.3 Å². The van der Waals surface area contributed by atoms with E-state index in [2.05, 4.69) is 34.2 Å². The number of hydrogen-bond donors (Lipinski definition) is 3. The fourth-order valence-electron chi connectivity index (χ4n) is 3.64. The van der Waals surface area contributed by atoms with Crippen molar-refractivity contribution in [2.75, 3.05) is 13.2 Å². The molecular weight excluding hydrogens is 402 g/mol. The molecule has 6 nitrogen and oxygen atoms in total. The molecule has 0 saturated heterocycles. The molecule has 2 aromatic carbocycles. The Labute approximate surface area is 188 Å². The Morgan fingerprint density at radius 2 is 1.91 bits per heavy atom. The maximum Gasteiger partial charge on any atom is 0.137 e. The van der Waals surface area contributed by atoms with Crippen LogP contribution in [0.15, 0.2) is 77.5 Å². The zero-order valence-electron chi connectivity index (χ0n) is 18.0. The number of nitrogens with zero attached hydrogens (tertiary/aromatic N) is 1. The summed E-state index contributed by atoms with van der Waals surface area (Å²) in [6.07, 6.45) is 7.80. The van der Waals surface area contributed by atoms with E-state index in [1.54, 1.807) is 12.5 Å². The molecule has 0 bridgehead atoms. The van der Waals surface area contributed by atoms with Gasteiger partial charge >= 0.3 is 0 Å². The van der Waals surface area contributed by atoms with E-state index in [1.165, 1.54) is 5.56 Å². The molecule has 0 spiro atoms. The van der Waals surface area contributed by atoms with Crippen LogP contribution in [-0.2, 0) is 6.42 Å². The molecule has 0 aliphatic rings. The highest BCUT2D eigenvalue weighted by atomic mass is 16.5. The first-order valence-corrected chi connectivity index (χ1v) is 11.0. The van der Waals surface area contributed by atoms with Crippen LogP contribution in [0.2, 0.25) is 0 Å². The second-order valence-corrected chi connectivity index (χ2v) is 7.79. The van der Waals surface area contributed by atoms with Gasteiger partial charge in [0.15, 0.2) is 0 Å². The summed E-state index contributed by atoms with van der Waals surface area (Å²) in [5.41, 5.74) is 9.79. The summed E-state index contributed by atoms with van der Waals surface area (Å²) < 4.78 is 11.8. The summed E-state index contributed by atoms with van der Waals surface area (Å²) in [7, 11) is 0. The number of hydrogen-bond acceptors (Lipinski definition) is 5. The molecule has 2 heterocycles. The number of aliphatic hydroxyl groups excluding tert-OH is 1. The topological polar surface area (TPSA) is 97.3 Å². The lowest BCUT2D eigenvalue weighted by Crippen LogP contribution is -2.15. The number of nitrogens with one attached hydrogen (secondary N) is 1. The van der Waals surface area contributed by atoms with Gasteiger partial charge in [0.05, 0.1) is 36.8 Å². The Balaban J connectivity index is 1.40. The first-order chi connectivity index (χ1) is 15.7. The van der Waals surface area contributed by atoms with Gasteiger partial charge in [0.25, 0.3) is 0 Å². The number of nitrogens with two attached hydrogens (primary N) is 1. The van der Waals surface area contributed by atoms with E-state index in [0.717, 1.165) is 54.0 Å². The highest BCUT2D eigenvalue weighted by molar-refractivity contribution is 5.73. The third-order valence-electron chi connectivity index (χ3n) is 5.42. The number of unbranched alkanes of at least 4 members (excludes halogenated alkanes) is 2. The molecule has 1 unspecified atom stereocenters. The average Bonchev–Trinajstić information content (AvgIpc) is 3.54. The summed E-state index contributed by atoms with van der Waals surface area (Å²) in [4.78, 5) is 7.55. The van der Waals surface area contributed by atoms with Gasteiger partial charge in [-0.3, -0.25) is 0 Å². The monoisotopic (exact) mass is 431 g/mol. The third kappa shape index (κ3) is 5.46. The highest BCUT2D eigenvalue weighted by Gasteiger charge is 2.14. The molecule has 4 aromatic rings. The van der Waals surface area contributed by atoms with E-state index in [4.69, 9.17) is 14.9 Å². The SMILES string of the molecule is NC(CO)c1nc(-c2ccc(OCCCCCc3ccccc3)c(-c3ccco3)c2)c[nH]1. The van der Waals surface area contributed by atoms with Crippen molar-refractivity contribution in [3.05, 3.63) is 84.5 Å². The summed E-state index contributed by atoms with van der Waals surface area (Å²) in [5.74, 6) is 2.08. The van der Waals surface area contributed by atoms with E-state index in [1.807, 2.05) is 36.4 Å². The van der Waals surface area contributed by atoms with Gasteiger partial charge in [-0.05, 0) is 61.6 Å². The van der Waals surface area contributed by atoms with E-state index in [-0.39, 0.29) is 6.61 Å².